The van der Waals surface area contributed by atoms with E-state index < -0.39 is 0 Å². The van der Waals surface area contributed by atoms with E-state index in [0.29, 0.717) is 10.9 Å². The van der Waals surface area contributed by atoms with Gasteiger partial charge in [-0.15, -0.1) is 0 Å². The number of hydrogen-bond acceptors (Lipinski definition) is 5. The molecule has 32 heavy (non-hydrogen) atoms. The van der Waals surface area contributed by atoms with Crippen molar-refractivity contribution in [2.45, 2.75) is 12.1 Å². The Bertz CT molecular complexity index is 1050. The molecule has 2 atom stereocenters. The summed E-state index contributed by atoms with van der Waals surface area (Å²) < 4.78 is 25.1. The number of ether oxygens (including phenoxy) is 1. The fourth-order valence-electron chi connectivity index (χ4n) is 4.31. The zero-order chi connectivity index (χ0) is 21.9. The fraction of sp³-hybridized carbons (Fsp3) is 0.333. The minimum atomic E-state index is -0.268. The second kappa shape index (κ2) is 9.36. The van der Waals surface area contributed by atoms with Gasteiger partial charge in [0.15, 0.2) is 5.11 Å². The summed E-state index contributed by atoms with van der Waals surface area (Å²) in [6.45, 7) is 5.05. The Hall–Kier alpha value is -2.81. The molecule has 2 fully saturated rings. The molecule has 0 spiro atoms. The second-order valence-corrected chi connectivity index (χ2v) is 8.37. The molecule has 2 saturated heterocycles. The maximum atomic E-state index is 13.3. The molecule has 2 aliphatic rings. The number of pyridine rings is 1. The summed E-state index contributed by atoms with van der Waals surface area (Å²) in [5.41, 5.74) is 1.74. The Morgan fingerprint density at radius 2 is 1.84 bits per heavy atom. The number of benzene rings is 1. The molecule has 166 valence electrons. The Morgan fingerprint density at radius 1 is 1.03 bits per heavy atom. The number of thiocarbonyl (C=S) groups is 1. The molecule has 2 aliphatic heterocycles. The lowest BCUT2D eigenvalue weighted by Gasteiger charge is -2.31. The summed E-state index contributed by atoms with van der Waals surface area (Å²) in [6.07, 6.45) is 1.79. The standard InChI is InChI=1S/C24H25FN4O2S/c25-18-6-4-17(5-7-18)20-8-9-21(31-20)23-22(19-3-1-2-10-26-19)27-24(32)29(23)12-11-28-13-15-30-16-14-28/h1-10,22-23H,11-16H2,(H,27,32)/t22-,23+/m1/s1. The Balaban J connectivity index is 1.43. The molecule has 1 N–H and O–H groups in total. The van der Waals surface area contributed by atoms with Crippen LogP contribution in [-0.2, 0) is 4.74 Å². The van der Waals surface area contributed by atoms with Crippen LogP contribution in [-0.4, -0.2) is 59.3 Å². The molecule has 2 aromatic heterocycles. The summed E-state index contributed by atoms with van der Waals surface area (Å²) in [7, 11) is 0. The van der Waals surface area contributed by atoms with Gasteiger partial charge in [0.2, 0.25) is 0 Å². The van der Waals surface area contributed by atoms with Crippen molar-refractivity contribution in [2.24, 2.45) is 0 Å². The van der Waals surface area contributed by atoms with E-state index in [2.05, 4.69) is 20.1 Å². The molecule has 5 rings (SSSR count). The third-order valence-corrected chi connectivity index (χ3v) is 6.36. The molecule has 0 aliphatic carbocycles. The normalized spacial score (nSPS) is 21.7. The van der Waals surface area contributed by atoms with Crippen LogP contribution < -0.4 is 5.32 Å². The highest BCUT2D eigenvalue weighted by molar-refractivity contribution is 7.80. The van der Waals surface area contributed by atoms with Crippen molar-refractivity contribution in [1.82, 2.24) is 20.1 Å². The molecule has 0 unspecified atom stereocenters. The van der Waals surface area contributed by atoms with Crippen LogP contribution in [0.2, 0.25) is 0 Å². The minimum absolute atomic E-state index is 0.124. The smallest absolute Gasteiger partial charge is 0.170 e. The van der Waals surface area contributed by atoms with Gasteiger partial charge >= 0.3 is 0 Å². The topological polar surface area (TPSA) is 53.8 Å². The SMILES string of the molecule is Fc1ccc(-c2ccc([C@H]3[C@@H](c4ccccn4)NC(=S)N3CCN3CCOCC3)o2)cc1. The monoisotopic (exact) mass is 452 g/mol. The number of nitrogens with one attached hydrogen (secondary N) is 1. The van der Waals surface area contributed by atoms with E-state index in [0.717, 1.165) is 56.4 Å². The maximum Gasteiger partial charge on any atom is 0.170 e. The number of furan rings is 1. The van der Waals surface area contributed by atoms with Crippen molar-refractivity contribution in [1.29, 1.82) is 0 Å². The summed E-state index contributed by atoms with van der Waals surface area (Å²) in [6, 6.07) is 15.9. The molecule has 0 amide bonds. The zero-order valence-electron chi connectivity index (χ0n) is 17.6. The third-order valence-electron chi connectivity index (χ3n) is 6.01. The highest BCUT2D eigenvalue weighted by Gasteiger charge is 2.41. The molecule has 0 saturated carbocycles. The number of morpholine rings is 1. The lowest BCUT2D eigenvalue weighted by atomic mass is 10.0. The lowest BCUT2D eigenvalue weighted by molar-refractivity contribution is 0.0347. The van der Waals surface area contributed by atoms with Crippen molar-refractivity contribution in [3.05, 3.63) is 78.1 Å². The van der Waals surface area contributed by atoms with Crippen molar-refractivity contribution < 1.29 is 13.5 Å². The first-order valence-electron chi connectivity index (χ1n) is 10.8. The average Bonchev–Trinajstić information content (AvgIpc) is 3.44. The molecule has 3 aromatic rings. The highest BCUT2D eigenvalue weighted by Crippen LogP contribution is 2.40. The molecular formula is C24H25FN4O2S. The van der Waals surface area contributed by atoms with E-state index in [4.69, 9.17) is 21.4 Å². The lowest BCUT2D eigenvalue weighted by Crippen LogP contribution is -2.42. The number of hydrogen-bond donors (Lipinski definition) is 1. The van der Waals surface area contributed by atoms with Gasteiger partial charge in [0, 0.05) is 37.9 Å². The molecule has 8 heteroatoms. The van der Waals surface area contributed by atoms with Crippen LogP contribution >= 0.6 is 12.2 Å². The van der Waals surface area contributed by atoms with Crippen LogP contribution in [0.25, 0.3) is 11.3 Å². The van der Waals surface area contributed by atoms with Crippen molar-refractivity contribution in [2.75, 3.05) is 39.4 Å². The van der Waals surface area contributed by atoms with E-state index in [1.807, 2.05) is 30.3 Å². The Labute approximate surface area is 192 Å². The molecule has 1 aromatic carbocycles. The second-order valence-electron chi connectivity index (χ2n) is 7.98. The molecule has 0 bridgehead atoms. The Kier molecular flexibility index (Phi) is 6.16. The maximum absolute atomic E-state index is 13.3. The predicted octanol–water partition coefficient (Wildman–Crippen LogP) is 3.79. The average molecular weight is 453 g/mol. The fourth-order valence-corrected chi connectivity index (χ4v) is 4.64. The Morgan fingerprint density at radius 3 is 2.59 bits per heavy atom. The van der Waals surface area contributed by atoms with Gasteiger partial charge in [0.25, 0.3) is 0 Å². The van der Waals surface area contributed by atoms with E-state index in [1.165, 1.54) is 12.1 Å². The zero-order valence-corrected chi connectivity index (χ0v) is 18.4. The summed E-state index contributed by atoms with van der Waals surface area (Å²) >= 11 is 5.74. The van der Waals surface area contributed by atoms with Crippen LogP contribution in [0.5, 0.6) is 0 Å². The van der Waals surface area contributed by atoms with Crippen LogP contribution in [0.15, 0.2) is 65.2 Å². The summed E-state index contributed by atoms with van der Waals surface area (Å²) in [4.78, 5) is 9.16. The van der Waals surface area contributed by atoms with Crippen molar-refractivity contribution in [3.8, 4) is 11.3 Å². The first kappa shape index (κ1) is 21.1. The van der Waals surface area contributed by atoms with E-state index >= 15 is 0 Å². The highest BCUT2D eigenvalue weighted by atomic mass is 32.1. The van der Waals surface area contributed by atoms with E-state index in [1.54, 1.807) is 18.3 Å². The largest absolute Gasteiger partial charge is 0.459 e. The van der Waals surface area contributed by atoms with E-state index in [-0.39, 0.29) is 17.9 Å². The third kappa shape index (κ3) is 4.39. The van der Waals surface area contributed by atoms with Crippen LogP contribution in [0.4, 0.5) is 4.39 Å². The number of rotatable bonds is 6. The summed E-state index contributed by atoms with van der Waals surface area (Å²) in [5.74, 6) is 1.23. The summed E-state index contributed by atoms with van der Waals surface area (Å²) in [5, 5.41) is 4.15. The van der Waals surface area contributed by atoms with Crippen molar-refractivity contribution >= 4 is 17.3 Å². The first-order valence-corrected chi connectivity index (χ1v) is 11.2. The number of aromatic nitrogens is 1. The van der Waals surface area contributed by atoms with Gasteiger partial charge in [0.05, 0.1) is 24.9 Å². The van der Waals surface area contributed by atoms with E-state index in [9.17, 15) is 4.39 Å². The first-order chi connectivity index (χ1) is 15.7. The van der Waals surface area contributed by atoms with Gasteiger partial charge in [-0.05, 0) is 60.7 Å². The molecule has 6 nitrogen and oxygen atoms in total. The number of halogens is 1. The number of nitrogens with zero attached hydrogens (tertiary/aromatic N) is 3. The van der Waals surface area contributed by atoms with Gasteiger partial charge in [0.1, 0.15) is 23.4 Å². The molecular weight excluding hydrogens is 427 g/mol. The molecule has 4 heterocycles. The van der Waals surface area contributed by atoms with Gasteiger partial charge in [-0.3, -0.25) is 9.88 Å². The van der Waals surface area contributed by atoms with Crippen LogP contribution in [0, 0.1) is 5.82 Å². The van der Waals surface area contributed by atoms with Crippen LogP contribution in [0.1, 0.15) is 23.5 Å². The van der Waals surface area contributed by atoms with Crippen LogP contribution in [0.3, 0.4) is 0 Å². The molecule has 0 radical (unpaired) electrons. The van der Waals surface area contributed by atoms with Gasteiger partial charge in [-0.25, -0.2) is 4.39 Å². The van der Waals surface area contributed by atoms with Gasteiger partial charge in [-0.1, -0.05) is 6.07 Å². The van der Waals surface area contributed by atoms with Gasteiger partial charge in [-0.2, -0.15) is 0 Å². The van der Waals surface area contributed by atoms with Crippen molar-refractivity contribution in [3.63, 3.8) is 0 Å². The quantitative estimate of drug-likeness (QED) is 0.571. The predicted molar refractivity (Wildman–Crippen MR) is 124 cm³/mol. The minimum Gasteiger partial charge on any atom is -0.459 e. The van der Waals surface area contributed by atoms with Gasteiger partial charge < -0.3 is 19.4 Å².